The van der Waals surface area contributed by atoms with Crippen molar-refractivity contribution in [2.45, 2.75) is 93.8 Å². The van der Waals surface area contributed by atoms with E-state index < -0.39 is 72.6 Å². The summed E-state index contributed by atoms with van der Waals surface area (Å²) in [5.41, 5.74) is -2.27. The van der Waals surface area contributed by atoms with E-state index >= 15 is 0 Å². The van der Waals surface area contributed by atoms with Gasteiger partial charge in [0, 0.05) is 25.9 Å². The molecule has 0 aliphatic carbocycles. The lowest BCUT2D eigenvalue weighted by atomic mass is 10.0. The number of nitrogens with one attached hydrogen (secondary N) is 5. The SMILES string of the molecule is O=C(O)CNC(COCCC(=O)NCCOCCOCCOCCO[C@@H]1O[C@H](CO)CC[C@H]1Nc1cncc(C(F)(F)F)n1)COCCC(=O)NCCOCCOCCOCCO[C@@H]1O[C@H](CO)CC[C@H]1Nc1cncc(C(F)(F)F)n1. The summed E-state index contributed by atoms with van der Waals surface area (Å²) in [6.45, 7) is 2.91. The maximum Gasteiger partial charge on any atom is 0.434 e. The number of carbonyl (C=O) groups is 3. The van der Waals surface area contributed by atoms with Crippen LogP contribution >= 0.6 is 0 Å². The highest BCUT2D eigenvalue weighted by Crippen LogP contribution is 2.30. The molecule has 2 fully saturated rings. The lowest BCUT2D eigenvalue weighted by Gasteiger charge is -2.36. The van der Waals surface area contributed by atoms with Gasteiger partial charge >= 0.3 is 18.3 Å². The predicted octanol–water partition coefficient (Wildman–Crippen LogP) is 0.782. The number of hydrogen-bond donors (Lipinski definition) is 8. The summed E-state index contributed by atoms with van der Waals surface area (Å²) < 4.78 is 146. The third-order valence-corrected chi connectivity index (χ3v) is 11.6. The fourth-order valence-corrected chi connectivity index (χ4v) is 7.50. The molecule has 0 saturated carbocycles. The monoisotopic (exact) mass is 1190 g/mol. The average molecular weight is 1190 g/mol. The van der Waals surface area contributed by atoms with E-state index in [1.807, 2.05) is 0 Å². The van der Waals surface area contributed by atoms with Gasteiger partial charge in [0.25, 0.3) is 0 Å². The first-order valence-corrected chi connectivity index (χ1v) is 26.7. The summed E-state index contributed by atoms with van der Waals surface area (Å²) in [6, 6.07) is -1.62. The van der Waals surface area contributed by atoms with Crippen LogP contribution in [-0.2, 0) is 83.6 Å². The van der Waals surface area contributed by atoms with Gasteiger partial charge in [-0.25, -0.2) is 9.97 Å². The van der Waals surface area contributed by atoms with Gasteiger partial charge in [-0.3, -0.25) is 29.7 Å². The van der Waals surface area contributed by atoms with Crippen LogP contribution in [0.15, 0.2) is 24.8 Å². The zero-order valence-electron chi connectivity index (χ0n) is 45.4. The summed E-state index contributed by atoms with van der Waals surface area (Å²) in [5, 5.41) is 42.2. The van der Waals surface area contributed by atoms with Gasteiger partial charge in [-0.1, -0.05) is 0 Å². The Hall–Kier alpha value is -4.85. The van der Waals surface area contributed by atoms with Crippen LogP contribution in [0.4, 0.5) is 38.0 Å². The number of ether oxygens (including phenoxy) is 12. The van der Waals surface area contributed by atoms with Crippen LogP contribution < -0.4 is 26.6 Å². The van der Waals surface area contributed by atoms with E-state index in [1.54, 1.807) is 0 Å². The van der Waals surface area contributed by atoms with Crippen molar-refractivity contribution < 1.29 is 113 Å². The van der Waals surface area contributed by atoms with Gasteiger partial charge in [-0.15, -0.1) is 0 Å². The van der Waals surface area contributed by atoms with Crippen molar-refractivity contribution in [3.8, 4) is 0 Å². The summed E-state index contributed by atoms with van der Waals surface area (Å²) in [4.78, 5) is 50.0. The molecule has 0 bridgehead atoms. The number of carboxylic acids is 1. The largest absolute Gasteiger partial charge is 0.480 e. The molecule has 4 heterocycles. The van der Waals surface area contributed by atoms with Crippen LogP contribution in [0.2, 0.25) is 0 Å². The number of aliphatic hydroxyl groups is 2. The maximum absolute atomic E-state index is 13.1. The Morgan fingerprint density at radius 1 is 0.537 bits per heavy atom. The van der Waals surface area contributed by atoms with E-state index in [-0.39, 0.29) is 188 Å². The van der Waals surface area contributed by atoms with Gasteiger partial charge in [0.15, 0.2) is 24.0 Å². The average Bonchev–Trinajstić information content (AvgIpc) is 3.65. The number of amides is 2. The zero-order valence-corrected chi connectivity index (χ0v) is 45.4. The number of nitrogens with zero attached hydrogens (tertiary/aromatic N) is 4. The smallest absolute Gasteiger partial charge is 0.434 e. The van der Waals surface area contributed by atoms with Crippen LogP contribution in [0.1, 0.15) is 49.9 Å². The van der Waals surface area contributed by atoms with Crippen molar-refractivity contribution in [2.75, 3.05) is 162 Å². The molecule has 0 unspecified atom stereocenters. The summed E-state index contributed by atoms with van der Waals surface area (Å²) >= 11 is 0. The van der Waals surface area contributed by atoms with Crippen LogP contribution in [0, 0.1) is 0 Å². The van der Waals surface area contributed by atoms with E-state index in [9.17, 15) is 50.9 Å². The van der Waals surface area contributed by atoms with Crippen molar-refractivity contribution in [3.05, 3.63) is 36.2 Å². The highest BCUT2D eigenvalue weighted by Gasteiger charge is 2.37. The second kappa shape index (κ2) is 40.4. The molecule has 6 atom stereocenters. The quantitative estimate of drug-likeness (QED) is 0.0336. The van der Waals surface area contributed by atoms with Gasteiger partial charge in [0.2, 0.25) is 11.8 Å². The van der Waals surface area contributed by atoms with E-state index in [1.165, 1.54) is 12.4 Å². The molecule has 0 radical (unpaired) electrons. The van der Waals surface area contributed by atoms with Crippen molar-refractivity contribution >= 4 is 29.4 Å². The molecule has 0 aromatic carbocycles. The Kier molecular flexibility index (Phi) is 34.3. The number of hydrogen-bond acceptors (Lipinski definition) is 24. The van der Waals surface area contributed by atoms with Crippen LogP contribution in [-0.4, -0.2) is 248 Å². The molecule has 0 spiro atoms. The van der Waals surface area contributed by atoms with Crippen molar-refractivity contribution in [3.63, 3.8) is 0 Å². The number of carbonyl (C=O) groups excluding carboxylic acids is 2. The van der Waals surface area contributed by atoms with E-state index in [0.29, 0.717) is 38.1 Å². The van der Waals surface area contributed by atoms with Gasteiger partial charge in [-0.05, 0) is 25.7 Å². The minimum atomic E-state index is -4.65. The number of halogens is 6. The summed E-state index contributed by atoms with van der Waals surface area (Å²) in [7, 11) is 0. The number of rotatable bonds is 45. The Balaban J connectivity index is 0.910. The minimum absolute atomic E-state index is 0.0405. The van der Waals surface area contributed by atoms with Gasteiger partial charge < -0.3 is 93.4 Å². The lowest BCUT2D eigenvalue weighted by Crippen LogP contribution is -2.46. The molecule has 4 rings (SSSR count). The molecule has 82 heavy (non-hydrogen) atoms. The third kappa shape index (κ3) is 30.6. The number of aliphatic carboxylic acids is 1. The molecule has 2 aliphatic heterocycles. The number of alkyl halides is 6. The first-order valence-electron chi connectivity index (χ1n) is 26.7. The molecule has 2 aliphatic rings. The fraction of sp³-hybridized carbons (Fsp3) is 0.776. The van der Waals surface area contributed by atoms with Crippen molar-refractivity contribution in [1.82, 2.24) is 35.9 Å². The van der Waals surface area contributed by atoms with Gasteiger partial charge in [0.05, 0.1) is 194 Å². The first-order chi connectivity index (χ1) is 39.5. The predicted molar refractivity (Wildman–Crippen MR) is 272 cm³/mol. The molecule has 33 heteroatoms. The Morgan fingerprint density at radius 2 is 0.915 bits per heavy atom. The van der Waals surface area contributed by atoms with E-state index in [2.05, 4.69) is 46.5 Å². The molecule has 468 valence electrons. The van der Waals surface area contributed by atoms with Crippen molar-refractivity contribution in [1.29, 1.82) is 0 Å². The van der Waals surface area contributed by atoms with Crippen LogP contribution in [0.25, 0.3) is 0 Å². The van der Waals surface area contributed by atoms with E-state index in [0.717, 1.165) is 0 Å². The molecule has 2 aromatic rings. The fourth-order valence-electron chi connectivity index (χ4n) is 7.50. The standard InChI is InChI=1S/C49H77F6N9O18/c50-48(51,52)39-25-56-27-41(63-39)61-37-3-1-35(30-65)81-46(37)79-23-21-75-19-17-73-15-13-71-11-7-58-43(67)5-9-77-32-34(60-29-45(69)70)33-78-10-6-44(68)59-8-12-72-14-16-74-18-20-76-22-24-80-47-38(4-2-36(31-66)82-47)62-42-28-57-26-40(64-42)49(53,54)55/h25-28,34-38,46-47,60,65-66H,1-24,29-33H2,(H,58,67)(H,59,68)(H,61,63)(H,62,64)(H,69,70)/t35-,36-,37+,38+,46+,47+/m0/s1. The molecule has 2 aromatic heterocycles. The molecule has 27 nitrogen and oxygen atoms in total. The molecule has 2 saturated heterocycles. The molecule has 2 amide bonds. The highest BCUT2D eigenvalue weighted by molar-refractivity contribution is 5.76. The lowest BCUT2D eigenvalue weighted by molar-refractivity contribution is -0.210. The van der Waals surface area contributed by atoms with E-state index in [4.69, 9.17) is 61.9 Å². The number of carboxylic acid groups (broad SMARTS) is 1. The normalized spacial score (nSPS) is 19.5. The first kappa shape index (κ1) is 69.6. The van der Waals surface area contributed by atoms with Gasteiger partial charge in [-0.2, -0.15) is 26.3 Å². The number of anilines is 2. The molecule has 8 N–H and O–H groups in total. The van der Waals surface area contributed by atoms with Crippen molar-refractivity contribution in [2.24, 2.45) is 0 Å². The Bertz CT molecular complexity index is 1940. The van der Waals surface area contributed by atoms with Gasteiger partial charge in [0.1, 0.15) is 11.6 Å². The Labute approximate surface area is 469 Å². The highest BCUT2D eigenvalue weighted by atomic mass is 19.4. The minimum Gasteiger partial charge on any atom is -0.480 e. The number of aliphatic hydroxyl groups excluding tert-OH is 2. The van der Waals surface area contributed by atoms with Crippen LogP contribution in [0.3, 0.4) is 0 Å². The Morgan fingerprint density at radius 3 is 1.28 bits per heavy atom. The summed E-state index contributed by atoms with van der Waals surface area (Å²) in [5.74, 6) is -1.82. The number of aromatic nitrogens is 4. The second-order valence-electron chi connectivity index (χ2n) is 18.1. The third-order valence-electron chi connectivity index (χ3n) is 11.6. The molecular formula is C49H77F6N9O18. The van der Waals surface area contributed by atoms with Crippen LogP contribution in [0.5, 0.6) is 0 Å². The maximum atomic E-state index is 13.1. The second-order valence-corrected chi connectivity index (χ2v) is 18.1. The molecular weight excluding hydrogens is 1120 g/mol. The summed E-state index contributed by atoms with van der Waals surface area (Å²) in [6.07, 6.45) is -6.57. The topological polar surface area (TPSA) is 334 Å². The zero-order chi connectivity index (χ0) is 59.3.